The van der Waals surface area contributed by atoms with Crippen LogP contribution in [0.4, 0.5) is 4.39 Å². The third-order valence-electron chi connectivity index (χ3n) is 1.84. The molecule has 0 aliphatic rings. The number of halogens is 3. The number of benzene rings is 1. The van der Waals surface area contributed by atoms with Crippen LogP contribution in [0.2, 0.25) is 5.02 Å². The van der Waals surface area contributed by atoms with Gasteiger partial charge in [0.2, 0.25) is 0 Å². The van der Waals surface area contributed by atoms with Gasteiger partial charge in [0, 0.05) is 16.3 Å². The Kier molecular flexibility index (Phi) is 2.45. The molecule has 0 unspecified atom stereocenters. The fourth-order valence-corrected chi connectivity index (χ4v) is 2.87. The molecule has 0 N–H and O–H groups in total. The van der Waals surface area contributed by atoms with E-state index in [1.165, 1.54) is 17.4 Å². The van der Waals surface area contributed by atoms with Gasteiger partial charge in [0.25, 0.3) is 0 Å². The SMILES string of the molecule is Fc1ccc(Cl)c2c(CCl)csc12. The lowest BCUT2D eigenvalue weighted by atomic mass is 10.2. The molecule has 0 spiro atoms. The van der Waals surface area contributed by atoms with Crippen molar-refractivity contribution in [3.8, 4) is 0 Å². The highest BCUT2D eigenvalue weighted by molar-refractivity contribution is 7.17. The topological polar surface area (TPSA) is 0 Å². The molecule has 0 aliphatic heterocycles. The molecule has 13 heavy (non-hydrogen) atoms. The van der Waals surface area contributed by atoms with E-state index in [4.69, 9.17) is 23.2 Å². The molecule has 1 heterocycles. The van der Waals surface area contributed by atoms with Crippen molar-refractivity contribution >= 4 is 44.6 Å². The van der Waals surface area contributed by atoms with Gasteiger partial charge in [0.05, 0.1) is 4.70 Å². The molecule has 2 rings (SSSR count). The predicted molar refractivity (Wildman–Crippen MR) is 56.4 cm³/mol. The Bertz CT molecular complexity index is 450. The molecule has 0 amide bonds. The van der Waals surface area contributed by atoms with Gasteiger partial charge >= 0.3 is 0 Å². The summed E-state index contributed by atoms with van der Waals surface area (Å²) in [7, 11) is 0. The molecule has 1 aromatic carbocycles. The minimum Gasteiger partial charge on any atom is -0.205 e. The van der Waals surface area contributed by atoms with Crippen LogP contribution in [-0.2, 0) is 5.88 Å². The van der Waals surface area contributed by atoms with E-state index in [1.807, 2.05) is 5.38 Å². The number of alkyl halides is 1. The zero-order valence-corrected chi connectivity index (χ0v) is 8.81. The van der Waals surface area contributed by atoms with Crippen molar-refractivity contribution in [3.05, 3.63) is 33.9 Å². The van der Waals surface area contributed by atoms with Crippen molar-refractivity contribution in [2.24, 2.45) is 0 Å². The summed E-state index contributed by atoms with van der Waals surface area (Å²) in [6.45, 7) is 0. The number of thiophene rings is 1. The second-order valence-electron chi connectivity index (χ2n) is 2.63. The lowest BCUT2D eigenvalue weighted by molar-refractivity contribution is 0.641. The van der Waals surface area contributed by atoms with Gasteiger partial charge in [-0.25, -0.2) is 4.39 Å². The maximum absolute atomic E-state index is 13.2. The van der Waals surface area contributed by atoms with E-state index in [9.17, 15) is 4.39 Å². The van der Waals surface area contributed by atoms with Crippen LogP contribution >= 0.6 is 34.5 Å². The summed E-state index contributed by atoms with van der Waals surface area (Å²) in [5, 5.41) is 3.15. The van der Waals surface area contributed by atoms with Crippen molar-refractivity contribution < 1.29 is 4.39 Å². The van der Waals surface area contributed by atoms with Crippen molar-refractivity contribution in [1.29, 1.82) is 0 Å². The van der Waals surface area contributed by atoms with Gasteiger partial charge in [-0.3, -0.25) is 0 Å². The van der Waals surface area contributed by atoms with Crippen LogP contribution in [0.5, 0.6) is 0 Å². The van der Waals surface area contributed by atoms with Crippen molar-refractivity contribution in [3.63, 3.8) is 0 Å². The first-order valence-corrected chi connectivity index (χ1v) is 5.43. The van der Waals surface area contributed by atoms with E-state index in [1.54, 1.807) is 6.07 Å². The van der Waals surface area contributed by atoms with Crippen LogP contribution in [0.1, 0.15) is 5.56 Å². The first-order chi connectivity index (χ1) is 6.24. The van der Waals surface area contributed by atoms with Crippen LogP contribution in [-0.4, -0.2) is 0 Å². The average molecular weight is 235 g/mol. The van der Waals surface area contributed by atoms with Crippen molar-refractivity contribution in [2.75, 3.05) is 0 Å². The first kappa shape index (κ1) is 9.25. The summed E-state index contributed by atoms with van der Waals surface area (Å²) in [6.07, 6.45) is 0. The smallest absolute Gasteiger partial charge is 0.141 e. The maximum Gasteiger partial charge on any atom is 0.141 e. The lowest BCUT2D eigenvalue weighted by Crippen LogP contribution is -1.78. The standard InChI is InChI=1S/C9H5Cl2FS/c10-3-5-4-13-9-7(12)2-1-6(11)8(5)9/h1-2,4H,3H2. The fraction of sp³-hybridized carbons (Fsp3) is 0.111. The molecular formula is C9H5Cl2FS. The van der Waals surface area contributed by atoms with E-state index < -0.39 is 0 Å². The molecule has 0 saturated carbocycles. The zero-order chi connectivity index (χ0) is 9.42. The van der Waals surface area contributed by atoms with Gasteiger partial charge in [0.1, 0.15) is 5.82 Å². The van der Waals surface area contributed by atoms with Crippen LogP contribution in [0.25, 0.3) is 10.1 Å². The largest absolute Gasteiger partial charge is 0.205 e. The maximum atomic E-state index is 13.2. The molecule has 0 nitrogen and oxygen atoms in total. The number of hydrogen-bond donors (Lipinski definition) is 0. The highest BCUT2D eigenvalue weighted by Crippen LogP contribution is 2.34. The molecule has 2 aromatic rings. The monoisotopic (exact) mass is 234 g/mol. The molecule has 68 valence electrons. The third-order valence-corrected chi connectivity index (χ3v) is 3.48. The predicted octanol–water partition coefficient (Wildman–Crippen LogP) is 4.43. The van der Waals surface area contributed by atoms with Crippen molar-refractivity contribution in [1.82, 2.24) is 0 Å². The van der Waals surface area contributed by atoms with Crippen LogP contribution in [0.15, 0.2) is 17.5 Å². The lowest BCUT2D eigenvalue weighted by Gasteiger charge is -1.97. The molecule has 0 saturated heterocycles. The Morgan fingerprint density at radius 2 is 2.15 bits per heavy atom. The van der Waals surface area contributed by atoms with E-state index in [0.717, 1.165) is 10.9 Å². The molecule has 0 radical (unpaired) electrons. The molecule has 1 aromatic heterocycles. The highest BCUT2D eigenvalue weighted by Gasteiger charge is 2.10. The van der Waals surface area contributed by atoms with Crippen molar-refractivity contribution in [2.45, 2.75) is 5.88 Å². The zero-order valence-electron chi connectivity index (χ0n) is 6.48. The second-order valence-corrected chi connectivity index (χ2v) is 4.18. The summed E-state index contributed by atoms with van der Waals surface area (Å²) in [5.41, 5.74) is 0.895. The Morgan fingerprint density at radius 3 is 2.85 bits per heavy atom. The van der Waals surface area contributed by atoms with E-state index in [-0.39, 0.29) is 5.82 Å². The van der Waals surface area contributed by atoms with Crippen LogP contribution in [0.3, 0.4) is 0 Å². The second kappa shape index (κ2) is 3.45. The molecule has 0 aliphatic carbocycles. The Hall–Kier alpha value is -0.310. The Balaban J connectivity index is 2.87. The summed E-state index contributed by atoms with van der Waals surface area (Å²) in [5.74, 6) is 0.129. The molecule has 0 fully saturated rings. The van der Waals surface area contributed by atoms with Gasteiger partial charge in [-0.2, -0.15) is 0 Å². The van der Waals surface area contributed by atoms with Crippen LogP contribution in [0, 0.1) is 5.82 Å². The van der Waals surface area contributed by atoms with Crippen LogP contribution < -0.4 is 0 Å². The van der Waals surface area contributed by atoms with Gasteiger partial charge in [-0.15, -0.1) is 22.9 Å². The van der Waals surface area contributed by atoms with E-state index in [2.05, 4.69) is 0 Å². The summed E-state index contributed by atoms with van der Waals surface area (Å²) < 4.78 is 13.8. The summed E-state index contributed by atoms with van der Waals surface area (Å²) in [4.78, 5) is 0. The van der Waals surface area contributed by atoms with Gasteiger partial charge in [0.15, 0.2) is 0 Å². The summed E-state index contributed by atoms with van der Waals surface area (Å²) in [6, 6.07) is 2.93. The summed E-state index contributed by atoms with van der Waals surface area (Å²) >= 11 is 13.0. The van der Waals surface area contributed by atoms with Gasteiger partial charge in [-0.05, 0) is 23.1 Å². The van der Waals surface area contributed by atoms with Gasteiger partial charge in [-0.1, -0.05) is 11.6 Å². The highest BCUT2D eigenvalue weighted by atomic mass is 35.5. The fourth-order valence-electron chi connectivity index (χ4n) is 1.23. The molecule has 4 heteroatoms. The first-order valence-electron chi connectivity index (χ1n) is 3.64. The quantitative estimate of drug-likeness (QED) is 0.641. The van der Waals surface area contributed by atoms with Gasteiger partial charge < -0.3 is 0 Å². The molecule has 0 bridgehead atoms. The number of fused-ring (bicyclic) bond motifs is 1. The normalized spacial score (nSPS) is 11.0. The van der Waals surface area contributed by atoms with E-state index in [0.29, 0.717) is 15.6 Å². The minimum atomic E-state index is -0.235. The number of hydrogen-bond acceptors (Lipinski definition) is 1. The van der Waals surface area contributed by atoms with E-state index >= 15 is 0 Å². The third kappa shape index (κ3) is 1.43. The minimum absolute atomic E-state index is 0.235. The average Bonchev–Trinajstić information content (AvgIpc) is 2.56. The molecular weight excluding hydrogens is 230 g/mol. The Morgan fingerprint density at radius 1 is 1.38 bits per heavy atom. The Labute approximate surface area is 88.9 Å². The molecule has 0 atom stereocenters. The number of rotatable bonds is 1.